The zero-order valence-electron chi connectivity index (χ0n) is 25.3. The Hall–Kier alpha value is -3.54. The van der Waals surface area contributed by atoms with E-state index in [0.717, 1.165) is 48.7 Å². The molecule has 0 bridgehead atoms. The summed E-state index contributed by atoms with van der Waals surface area (Å²) in [4.78, 5) is 7.65. The molecular formula is C26H24N5NaO12S4. The molecule has 0 aliphatic carbocycles. The first kappa shape index (κ1) is 38.9. The van der Waals surface area contributed by atoms with Gasteiger partial charge in [0.15, 0.2) is 9.84 Å². The predicted molar refractivity (Wildman–Crippen MR) is 167 cm³/mol. The molecule has 0 unspecified atom stereocenters. The van der Waals surface area contributed by atoms with Gasteiger partial charge in [-0.05, 0) is 50.2 Å². The number of sulfone groups is 1. The molecule has 0 radical (unpaired) electrons. The fraction of sp³-hybridized carbons (Fsp3) is 0.154. The van der Waals surface area contributed by atoms with Crippen LogP contribution in [0.25, 0.3) is 10.8 Å². The number of hydrogen-bond acceptors (Lipinski definition) is 14. The van der Waals surface area contributed by atoms with E-state index in [1.54, 1.807) is 0 Å². The van der Waals surface area contributed by atoms with Crippen LogP contribution in [0.1, 0.15) is 13.8 Å². The van der Waals surface area contributed by atoms with Gasteiger partial charge in [-0.3, -0.25) is 14.8 Å². The average molecular weight is 750 g/mol. The Labute approximate surface area is 297 Å². The van der Waals surface area contributed by atoms with Crippen LogP contribution in [0.15, 0.2) is 96.5 Å². The van der Waals surface area contributed by atoms with Crippen molar-refractivity contribution in [1.29, 1.82) is 0 Å². The molecule has 0 aliphatic rings. The van der Waals surface area contributed by atoms with Gasteiger partial charge in [0, 0.05) is 35.2 Å². The van der Waals surface area contributed by atoms with Crippen molar-refractivity contribution in [2.24, 2.45) is 10.2 Å². The van der Waals surface area contributed by atoms with Crippen LogP contribution in [-0.2, 0) is 40.0 Å². The predicted octanol–water partition coefficient (Wildman–Crippen LogP) is 0.668. The van der Waals surface area contributed by atoms with Gasteiger partial charge in [0.1, 0.15) is 31.3 Å². The first-order valence-electron chi connectivity index (χ1n) is 12.9. The number of rotatable bonds is 11. The number of azo groups is 1. The van der Waals surface area contributed by atoms with Crippen LogP contribution in [0.2, 0.25) is 0 Å². The summed E-state index contributed by atoms with van der Waals surface area (Å²) in [6, 6.07) is 10.1. The van der Waals surface area contributed by atoms with E-state index in [0.29, 0.717) is 6.07 Å². The maximum atomic E-state index is 13.3. The van der Waals surface area contributed by atoms with Crippen molar-refractivity contribution in [2.45, 2.75) is 39.5 Å². The standard InChI is InChI=1S/C26H25N5O12S4.Na/c1-15(2)29-46(39,40)24-14-22(28-27-20-11-10-16(31(33)34)12-23(20)44(3,35)36)25-19(26(24)32)8-5-9-21(25)30-45(37,38)17-6-4-7-18(13-17)47(41,42)43;/h4-15,29-30,32H,1-3H3,(H,41,42,43);/q;+1/p-1/b28-27+;. The third-order valence-corrected chi connectivity index (χ3v) is 11.2. The van der Waals surface area contributed by atoms with Gasteiger partial charge < -0.3 is 9.66 Å². The van der Waals surface area contributed by atoms with Gasteiger partial charge in [-0.25, -0.2) is 38.4 Å². The summed E-state index contributed by atoms with van der Waals surface area (Å²) in [5.74, 6) is -0.820. The van der Waals surface area contributed by atoms with Crippen molar-refractivity contribution in [3.63, 3.8) is 0 Å². The number of nitro benzene ring substituents is 1. The third-order valence-electron chi connectivity index (χ3n) is 6.23. The number of anilines is 1. The second-order valence-corrected chi connectivity index (χ2v) is 16.9. The monoisotopic (exact) mass is 749 g/mol. The Kier molecular flexibility index (Phi) is 11.5. The Morgan fingerprint density at radius 3 is 1.98 bits per heavy atom. The number of nitrogens with zero attached hydrogens (tertiary/aromatic N) is 3. The number of phenols is 1. The molecule has 48 heavy (non-hydrogen) atoms. The molecule has 0 amide bonds. The molecule has 250 valence electrons. The van der Waals surface area contributed by atoms with E-state index in [9.17, 15) is 53.4 Å². The molecule has 17 nitrogen and oxygen atoms in total. The summed E-state index contributed by atoms with van der Waals surface area (Å²) < 4.78 is 117. The Morgan fingerprint density at radius 1 is 0.792 bits per heavy atom. The minimum absolute atomic E-state index is 0. The third kappa shape index (κ3) is 8.54. The second kappa shape index (κ2) is 14.1. The second-order valence-electron chi connectivity index (χ2n) is 10.2. The fourth-order valence-corrected chi connectivity index (χ4v) is 8.18. The summed E-state index contributed by atoms with van der Waals surface area (Å²) in [6.07, 6.45) is 0.767. The number of nitrogens with one attached hydrogen (secondary N) is 2. The van der Waals surface area contributed by atoms with E-state index in [2.05, 4.69) is 19.7 Å². The molecule has 0 heterocycles. The first-order chi connectivity index (χ1) is 21.6. The van der Waals surface area contributed by atoms with Crippen LogP contribution in [-0.4, -0.2) is 60.6 Å². The van der Waals surface area contributed by atoms with Crippen molar-refractivity contribution < 1.29 is 77.8 Å². The molecule has 0 aliphatic heterocycles. The molecule has 4 rings (SSSR count). The number of phenolic OH excluding ortho intramolecular Hbond substituents is 1. The number of hydrogen-bond donors (Lipinski definition) is 3. The molecule has 4 aromatic carbocycles. The first-order valence-corrected chi connectivity index (χ1v) is 19.2. The van der Waals surface area contributed by atoms with E-state index in [-0.39, 0.29) is 46.0 Å². The minimum atomic E-state index is -5.03. The number of non-ortho nitro benzene ring substituents is 1. The maximum absolute atomic E-state index is 13.3. The molecule has 3 N–H and O–H groups in total. The zero-order chi connectivity index (χ0) is 35.1. The van der Waals surface area contributed by atoms with E-state index >= 15 is 0 Å². The molecule has 0 saturated carbocycles. The van der Waals surface area contributed by atoms with Crippen molar-refractivity contribution in [3.8, 4) is 5.75 Å². The SMILES string of the molecule is CC(C)NS(=O)(=O)c1cc(/N=N/c2ccc([N+](=O)[O-])cc2S(C)(=O)=O)c2c(NS(=O)(=O)c3cccc(S(=O)(=O)[O-])c3)cccc2c1O.[Na+]. The smallest absolute Gasteiger partial charge is 0.744 e. The number of sulfonamides is 2. The number of benzene rings is 4. The van der Waals surface area contributed by atoms with Crippen molar-refractivity contribution in [1.82, 2.24) is 4.72 Å². The zero-order valence-corrected chi connectivity index (χ0v) is 30.6. The minimum Gasteiger partial charge on any atom is -0.744 e. The van der Waals surface area contributed by atoms with E-state index in [1.807, 2.05) is 0 Å². The number of nitro groups is 1. The van der Waals surface area contributed by atoms with Crippen LogP contribution in [0.5, 0.6) is 5.75 Å². The summed E-state index contributed by atoms with van der Waals surface area (Å²) in [5.41, 5.74) is -1.69. The fourth-order valence-electron chi connectivity index (χ4n) is 4.27. The molecule has 4 aromatic rings. The van der Waals surface area contributed by atoms with Gasteiger partial charge >= 0.3 is 29.6 Å². The van der Waals surface area contributed by atoms with Crippen molar-refractivity contribution >= 4 is 73.5 Å². The normalized spacial score (nSPS) is 12.7. The number of fused-ring (bicyclic) bond motifs is 1. The van der Waals surface area contributed by atoms with Crippen LogP contribution >= 0.6 is 0 Å². The number of aromatic hydroxyl groups is 1. The van der Waals surface area contributed by atoms with Gasteiger partial charge in [-0.2, -0.15) is 0 Å². The van der Waals surface area contributed by atoms with Gasteiger partial charge in [-0.1, -0.05) is 18.2 Å². The Balaban J connectivity index is 0.00000625. The summed E-state index contributed by atoms with van der Waals surface area (Å²) in [5, 5.41) is 29.7. The molecule has 0 aromatic heterocycles. The summed E-state index contributed by atoms with van der Waals surface area (Å²) in [7, 11) is -18.3. The molecule has 0 fully saturated rings. The molecular weight excluding hydrogens is 726 g/mol. The maximum Gasteiger partial charge on any atom is 1.00 e. The average Bonchev–Trinajstić information content (AvgIpc) is 2.95. The molecule has 0 saturated heterocycles. The topological polar surface area (TPSA) is 272 Å². The van der Waals surface area contributed by atoms with Crippen molar-refractivity contribution in [3.05, 3.63) is 76.8 Å². The quantitative estimate of drug-likeness (QED) is 0.0628. The Morgan fingerprint density at radius 2 is 1.40 bits per heavy atom. The Bertz CT molecular complexity index is 2420. The molecule has 22 heteroatoms. The van der Waals surface area contributed by atoms with Gasteiger partial charge in [0.2, 0.25) is 10.0 Å². The van der Waals surface area contributed by atoms with Crippen molar-refractivity contribution in [2.75, 3.05) is 11.0 Å². The van der Waals surface area contributed by atoms with Crippen LogP contribution in [0, 0.1) is 10.1 Å². The largest absolute Gasteiger partial charge is 1.00 e. The van der Waals surface area contributed by atoms with Gasteiger partial charge in [-0.15, -0.1) is 10.2 Å². The summed E-state index contributed by atoms with van der Waals surface area (Å²) >= 11 is 0. The summed E-state index contributed by atoms with van der Waals surface area (Å²) in [6.45, 7) is 3.02. The van der Waals surface area contributed by atoms with Crippen LogP contribution in [0.4, 0.5) is 22.7 Å². The van der Waals surface area contributed by atoms with E-state index in [4.69, 9.17) is 0 Å². The van der Waals surface area contributed by atoms with Gasteiger partial charge in [0.25, 0.3) is 15.7 Å². The van der Waals surface area contributed by atoms with E-state index in [1.165, 1.54) is 32.0 Å². The van der Waals surface area contributed by atoms with Crippen LogP contribution in [0.3, 0.4) is 0 Å². The van der Waals surface area contributed by atoms with E-state index < -0.39 is 93.4 Å². The molecule has 0 atom stereocenters. The molecule has 0 spiro atoms. The van der Waals surface area contributed by atoms with Gasteiger partial charge in [0.05, 0.1) is 26.1 Å². The van der Waals surface area contributed by atoms with Crippen LogP contribution < -0.4 is 39.0 Å².